The Hall–Kier alpha value is -5.12. The maximum Gasteiger partial charge on any atom is 0.255 e. The van der Waals surface area contributed by atoms with Crippen LogP contribution in [0.5, 0.6) is 28.7 Å². The average molecular weight is 581 g/mol. The van der Waals surface area contributed by atoms with E-state index in [1.165, 1.54) is 12.1 Å². The number of fused-ring (bicyclic) bond motifs is 6. The van der Waals surface area contributed by atoms with E-state index in [1.807, 2.05) is 41.3 Å². The van der Waals surface area contributed by atoms with E-state index in [0.29, 0.717) is 68.4 Å². The Morgan fingerprint density at radius 1 is 1.12 bits per heavy atom. The lowest BCUT2D eigenvalue weighted by molar-refractivity contribution is -0.133. The van der Waals surface area contributed by atoms with E-state index in [-0.39, 0.29) is 23.3 Å². The van der Waals surface area contributed by atoms with Crippen molar-refractivity contribution in [1.82, 2.24) is 20.2 Å². The molecule has 43 heavy (non-hydrogen) atoms. The third kappa shape index (κ3) is 6.08. The Labute approximate surface area is 249 Å². The van der Waals surface area contributed by atoms with Crippen LogP contribution in [-0.4, -0.2) is 58.6 Å². The molecule has 1 atom stereocenters. The van der Waals surface area contributed by atoms with Gasteiger partial charge in [-0.2, -0.15) is 0 Å². The number of carbonyl (C=O) groups excluding carboxylic acids is 2. The minimum absolute atomic E-state index is 0.0226. The van der Waals surface area contributed by atoms with Gasteiger partial charge in [0.15, 0.2) is 11.5 Å². The Balaban J connectivity index is 1.39. The summed E-state index contributed by atoms with van der Waals surface area (Å²) < 4.78 is 17.8. The fraction of sp³-hybridized carbons (Fsp3) is 0.273. The molecular weight excluding hydrogens is 548 g/mol. The molecule has 0 saturated heterocycles. The number of benzene rings is 3. The molecule has 0 spiro atoms. The number of hydrogen-bond acceptors (Lipinski definition) is 8. The molecule has 3 aliphatic rings. The van der Waals surface area contributed by atoms with Crippen molar-refractivity contribution in [3.63, 3.8) is 0 Å². The molecule has 3 aliphatic heterocycles. The normalized spacial score (nSPS) is 16.3. The van der Waals surface area contributed by atoms with Crippen LogP contribution >= 0.6 is 0 Å². The summed E-state index contributed by atoms with van der Waals surface area (Å²) in [6.45, 7) is 1.18. The van der Waals surface area contributed by atoms with Crippen molar-refractivity contribution in [2.45, 2.75) is 31.7 Å². The van der Waals surface area contributed by atoms with Crippen LogP contribution in [0, 0.1) is 0 Å². The minimum Gasteiger partial charge on any atom is -0.507 e. The van der Waals surface area contributed by atoms with Gasteiger partial charge in [-0.25, -0.2) is 0 Å². The Morgan fingerprint density at radius 2 is 1.98 bits per heavy atom. The van der Waals surface area contributed by atoms with E-state index in [9.17, 15) is 14.7 Å². The van der Waals surface area contributed by atoms with Gasteiger partial charge in [0.2, 0.25) is 5.91 Å². The van der Waals surface area contributed by atoms with Crippen molar-refractivity contribution >= 4 is 11.8 Å². The highest BCUT2D eigenvalue weighted by Crippen LogP contribution is 2.41. The van der Waals surface area contributed by atoms with Crippen LogP contribution in [0.4, 0.5) is 0 Å². The summed E-state index contributed by atoms with van der Waals surface area (Å²) in [7, 11) is 1.58. The highest BCUT2D eigenvalue weighted by molar-refractivity contribution is 5.97. The van der Waals surface area contributed by atoms with Gasteiger partial charge in [-0.1, -0.05) is 12.1 Å². The fourth-order valence-electron chi connectivity index (χ4n) is 5.56. The van der Waals surface area contributed by atoms with Gasteiger partial charge in [0.05, 0.1) is 31.0 Å². The van der Waals surface area contributed by atoms with Gasteiger partial charge in [-0.05, 0) is 78.4 Å². The second-order valence-electron chi connectivity index (χ2n) is 10.4. The predicted molar refractivity (Wildman–Crippen MR) is 158 cm³/mol. The molecule has 0 aliphatic carbocycles. The number of phenols is 1. The topological polar surface area (TPSA) is 123 Å². The van der Waals surface area contributed by atoms with Crippen molar-refractivity contribution < 1.29 is 28.9 Å². The van der Waals surface area contributed by atoms with Crippen LogP contribution in [0.15, 0.2) is 73.2 Å². The van der Waals surface area contributed by atoms with Gasteiger partial charge in [-0.15, -0.1) is 0 Å². The highest BCUT2D eigenvalue weighted by atomic mass is 16.5. The number of methoxy groups -OCH3 is 1. The second-order valence-corrected chi connectivity index (χ2v) is 10.4. The van der Waals surface area contributed by atoms with Crippen LogP contribution in [0.25, 0.3) is 0 Å². The molecule has 10 nitrogen and oxygen atoms in total. The molecule has 1 unspecified atom stereocenters. The van der Waals surface area contributed by atoms with E-state index >= 15 is 0 Å². The number of nitrogens with zero attached hydrogens (tertiary/aromatic N) is 3. The number of ether oxygens (including phenoxy) is 3. The van der Waals surface area contributed by atoms with Crippen molar-refractivity contribution in [1.29, 1.82) is 0 Å². The summed E-state index contributed by atoms with van der Waals surface area (Å²) in [6.07, 6.45) is 6.91. The molecule has 220 valence electrons. The molecule has 0 saturated carbocycles. The molecular formula is C33H32N4O6. The van der Waals surface area contributed by atoms with Crippen LogP contribution in [0.3, 0.4) is 0 Å². The third-order valence-electron chi connectivity index (χ3n) is 7.69. The largest absolute Gasteiger partial charge is 0.507 e. The first-order chi connectivity index (χ1) is 21.0. The lowest BCUT2D eigenvalue weighted by Gasteiger charge is -2.38. The Kier molecular flexibility index (Phi) is 8.08. The fourth-order valence-corrected chi connectivity index (χ4v) is 5.56. The first kappa shape index (κ1) is 28.0. The molecule has 4 heterocycles. The van der Waals surface area contributed by atoms with Crippen molar-refractivity contribution in [3.05, 3.63) is 101 Å². The summed E-state index contributed by atoms with van der Waals surface area (Å²) in [4.78, 5) is 36.9. The number of carbonyl (C=O) groups is 2. The van der Waals surface area contributed by atoms with Gasteiger partial charge in [0.25, 0.3) is 5.91 Å². The average Bonchev–Trinajstić information content (AvgIpc) is 3.03. The number of phenolic OH excluding ortho intramolecular Hbond substituents is 1. The van der Waals surface area contributed by atoms with Crippen LogP contribution in [-0.2, 0) is 17.6 Å². The Morgan fingerprint density at radius 3 is 2.81 bits per heavy atom. The molecule has 4 aromatic rings. The number of aromatic nitrogens is 2. The monoisotopic (exact) mass is 580 g/mol. The zero-order valence-electron chi connectivity index (χ0n) is 23.8. The molecule has 1 aromatic heterocycles. The predicted octanol–water partition coefficient (Wildman–Crippen LogP) is 4.60. The number of aromatic hydroxyl groups is 1. The van der Waals surface area contributed by atoms with Crippen molar-refractivity contribution in [2.75, 3.05) is 26.8 Å². The number of amides is 2. The SMILES string of the molecule is COc1ccc2cc1OCCCNC(=O)c1cc(ccc1O)Oc1ccc3c(c1)CCN(C(=O)CCc1cnccn1)C23. The van der Waals surface area contributed by atoms with Crippen LogP contribution in [0.1, 0.15) is 51.6 Å². The molecule has 0 radical (unpaired) electrons. The van der Waals surface area contributed by atoms with Gasteiger partial charge in [0, 0.05) is 38.1 Å². The maximum atomic E-state index is 13.7. The van der Waals surface area contributed by atoms with Crippen molar-refractivity contribution in [3.8, 4) is 28.7 Å². The summed E-state index contributed by atoms with van der Waals surface area (Å²) >= 11 is 0. The van der Waals surface area contributed by atoms with E-state index in [0.717, 1.165) is 22.4 Å². The number of aryl methyl sites for hydroxylation is 1. The van der Waals surface area contributed by atoms with Gasteiger partial charge < -0.3 is 29.5 Å². The number of nitrogens with one attached hydrogen (secondary N) is 1. The molecule has 3 aromatic carbocycles. The molecule has 7 rings (SSSR count). The van der Waals surface area contributed by atoms with Gasteiger partial charge in [-0.3, -0.25) is 19.6 Å². The Bertz CT molecular complexity index is 1640. The first-order valence-corrected chi connectivity index (χ1v) is 14.3. The molecule has 2 amide bonds. The van der Waals surface area contributed by atoms with E-state index in [4.69, 9.17) is 14.2 Å². The number of rotatable bonds is 4. The maximum absolute atomic E-state index is 13.7. The number of hydrogen-bond donors (Lipinski definition) is 2. The van der Waals surface area contributed by atoms with Crippen LogP contribution < -0.4 is 19.5 Å². The van der Waals surface area contributed by atoms with Gasteiger partial charge in [0.1, 0.15) is 17.2 Å². The van der Waals surface area contributed by atoms with Crippen molar-refractivity contribution in [2.24, 2.45) is 0 Å². The lowest BCUT2D eigenvalue weighted by Crippen LogP contribution is -2.40. The quantitative estimate of drug-likeness (QED) is 0.359. The minimum atomic E-state index is -0.402. The lowest BCUT2D eigenvalue weighted by atomic mass is 9.87. The van der Waals surface area contributed by atoms with E-state index < -0.39 is 5.91 Å². The van der Waals surface area contributed by atoms with Gasteiger partial charge >= 0.3 is 0 Å². The first-order valence-electron chi connectivity index (χ1n) is 14.3. The summed E-state index contributed by atoms with van der Waals surface area (Å²) in [6, 6.07) is 15.8. The summed E-state index contributed by atoms with van der Waals surface area (Å²) in [5.74, 6) is 1.64. The summed E-state index contributed by atoms with van der Waals surface area (Å²) in [5, 5.41) is 13.1. The highest BCUT2D eigenvalue weighted by Gasteiger charge is 2.33. The van der Waals surface area contributed by atoms with Crippen LogP contribution in [0.2, 0.25) is 0 Å². The molecule has 0 fully saturated rings. The summed E-state index contributed by atoms with van der Waals surface area (Å²) in [5.41, 5.74) is 3.85. The zero-order valence-corrected chi connectivity index (χ0v) is 23.8. The standard InChI is InChI=1S/C33H32N4O6/c1-41-29-9-3-22-18-30(29)42-16-2-12-36-33(40)27-19-25(6-8-28(27)38)43-24-5-7-26-21(17-24)11-15-37(32(22)26)31(39)10-4-23-20-34-13-14-35-23/h3,5-9,13-14,17-20,32,38H,2,4,10-12,15-16H2,1H3,(H,36,40). The smallest absolute Gasteiger partial charge is 0.255 e. The molecule has 8 bridgehead atoms. The third-order valence-corrected chi connectivity index (χ3v) is 7.69. The van der Waals surface area contributed by atoms with E-state index in [2.05, 4.69) is 15.3 Å². The molecule has 10 heteroatoms. The molecule has 2 N–H and O–H groups in total. The zero-order chi connectivity index (χ0) is 29.8. The van der Waals surface area contributed by atoms with E-state index in [1.54, 1.807) is 31.8 Å². The second kappa shape index (κ2) is 12.4.